The zero-order valence-corrected chi connectivity index (χ0v) is 18.3. The summed E-state index contributed by atoms with van der Waals surface area (Å²) >= 11 is 0. The number of hydrogen-bond donors (Lipinski definition) is 0. The minimum absolute atomic E-state index is 0.550. The van der Waals surface area contributed by atoms with E-state index in [1.165, 1.54) is 0 Å². The zero-order chi connectivity index (χ0) is 22.2. The Labute approximate surface area is 191 Å². The molecular formula is C25H23N7O. The standard InChI is InChI=1S/C25H23N7O/c1-30-22(19-8-5-10-26-17-19)16-21-23(30)24(31-12-14-33-15-13-31)28-25(27-21)32-11-9-20(29-32)18-6-3-2-4-7-18/h2-11,16-17H,12-15H2,1H3. The van der Waals surface area contributed by atoms with Gasteiger partial charge in [-0.1, -0.05) is 30.3 Å². The van der Waals surface area contributed by atoms with Crippen LogP contribution >= 0.6 is 0 Å². The normalized spacial score (nSPS) is 14.2. The van der Waals surface area contributed by atoms with Gasteiger partial charge in [0.05, 0.1) is 30.1 Å². The van der Waals surface area contributed by atoms with Gasteiger partial charge in [0.15, 0.2) is 5.82 Å². The van der Waals surface area contributed by atoms with Crippen molar-refractivity contribution in [3.05, 3.63) is 73.2 Å². The van der Waals surface area contributed by atoms with Gasteiger partial charge in [0.2, 0.25) is 0 Å². The summed E-state index contributed by atoms with van der Waals surface area (Å²) in [7, 11) is 2.05. The molecule has 164 valence electrons. The molecular weight excluding hydrogens is 414 g/mol. The first kappa shape index (κ1) is 19.6. The third-order valence-corrected chi connectivity index (χ3v) is 5.98. The lowest BCUT2D eigenvalue weighted by Gasteiger charge is -2.28. The van der Waals surface area contributed by atoms with Crippen molar-refractivity contribution in [1.29, 1.82) is 0 Å². The quantitative estimate of drug-likeness (QED) is 0.427. The Morgan fingerprint density at radius 3 is 2.52 bits per heavy atom. The molecule has 5 heterocycles. The van der Waals surface area contributed by atoms with Crippen LogP contribution in [0.5, 0.6) is 0 Å². The van der Waals surface area contributed by atoms with Gasteiger partial charge in [0, 0.05) is 49.9 Å². The fourth-order valence-electron chi connectivity index (χ4n) is 4.30. The molecule has 0 aliphatic carbocycles. The second kappa shape index (κ2) is 8.14. The Kier molecular flexibility index (Phi) is 4.84. The van der Waals surface area contributed by atoms with Crippen LogP contribution in [0.25, 0.3) is 39.5 Å². The SMILES string of the molecule is Cn1c(-c2cccnc2)cc2nc(-n3ccc(-c4ccccc4)n3)nc(N3CCOCC3)c21. The lowest BCUT2D eigenvalue weighted by molar-refractivity contribution is 0.122. The second-order valence-electron chi connectivity index (χ2n) is 8.02. The van der Waals surface area contributed by atoms with Crippen molar-refractivity contribution in [3.63, 3.8) is 0 Å². The van der Waals surface area contributed by atoms with E-state index < -0.39 is 0 Å². The molecule has 6 rings (SSSR count). The van der Waals surface area contributed by atoms with Gasteiger partial charge in [-0.3, -0.25) is 4.98 Å². The Morgan fingerprint density at radius 2 is 1.73 bits per heavy atom. The smallest absolute Gasteiger partial charge is 0.253 e. The molecule has 1 fully saturated rings. The largest absolute Gasteiger partial charge is 0.378 e. The highest BCUT2D eigenvalue weighted by Crippen LogP contribution is 2.32. The van der Waals surface area contributed by atoms with Crippen molar-refractivity contribution < 1.29 is 4.74 Å². The Balaban J connectivity index is 1.51. The number of benzene rings is 1. The topological polar surface area (TPSA) is 73.9 Å². The van der Waals surface area contributed by atoms with Crippen LogP contribution in [0.4, 0.5) is 5.82 Å². The predicted octanol–water partition coefficient (Wildman–Crippen LogP) is 3.72. The van der Waals surface area contributed by atoms with E-state index in [2.05, 4.69) is 33.6 Å². The summed E-state index contributed by atoms with van der Waals surface area (Å²) in [5.74, 6) is 1.45. The molecule has 8 nitrogen and oxygen atoms in total. The Morgan fingerprint density at radius 1 is 0.909 bits per heavy atom. The van der Waals surface area contributed by atoms with Gasteiger partial charge in [0.1, 0.15) is 5.52 Å². The fraction of sp³-hybridized carbons (Fsp3) is 0.200. The first-order valence-electron chi connectivity index (χ1n) is 11.0. The van der Waals surface area contributed by atoms with Crippen LogP contribution in [0.3, 0.4) is 0 Å². The number of anilines is 1. The highest BCUT2D eigenvalue weighted by Gasteiger charge is 2.22. The maximum absolute atomic E-state index is 5.59. The molecule has 0 N–H and O–H groups in total. The molecule has 0 unspecified atom stereocenters. The lowest BCUT2D eigenvalue weighted by Crippen LogP contribution is -2.37. The molecule has 1 aliphatic heterocycles. The summed E-state index contributed by atoms with van der Waals surface area (Å²) in [6.07, 6.45) is 5.57. The highest BCUT2D eigenvalue weighted by molar-refractivity contribution is 5.92. The molecule has 1 saturated heterocycles. The van der Waals surface area contributed by atoms with Crippen LogP contribution in [0.1, 0.15) is 0 Å². The van der Waals surface area contributed by atoms with Gasteiger partial charge in [0.25, 0.3) is 5.95 Å². The maximum atomic E-state index is 5.59. The minimum atomic E-state index is 0.550. The third-order valence-electron chi connectivity index (χ3n) is 5.98. The van der Waals surface area contributed by atoms with Crippen molar-refractivity contribution in [3.8, 4) is 28.5 Å². The van der Waals surface area contributed by atoms with E-state index in [-0.39, 0.29) is 0 Å². The molecule has 8 heteroatoms. The first-order valence-corrected chi connectivity index (χ1v) is 11.0. The predicted molar refractivity (Wildman–Crippen MR) is 127 cm³/mol. The van der Waals surface area contributed by atoms with E-state index in [1.54, 1.807) is 10.9 Å². The van der Waals surface area contributed by atoms with Gasteiger partial charge in [-0.05, 0) is 24.3 Å². The van der Waals surface area contributed by atoms with Crippen molar-refractivity contribution in [2.24, 2.45) is 7.05 Å². The second-order valence-corrected chi connectivity index (χ2v) is 8.02. The van der Waals surface area contributed by atoms with E-state index in [0.29, 0.717) is 19.2 Å². The van der Waals surface area contributed by atoms with Gasteiger partial charge >= 0.3 is 0 Å². The molecule has 0 radical (unpaired) electrons. The summed E-state index contributed by atoms with van der Waals surface area (Å²) < 4.78 is 9.49. The van der Waals surface area contributed by atoms with Crippen molar-refractivity contribution in [2.45, 2.75) is 0 Å². The van der Waals surface area contributed by atoms with Crippen molar-refractivity contribution in [2.75, 3.05) is 31.2 Å². The number of hydrogen-bond acceptors (Lipinski definition) is 6. The maximum Gasteiger partial charge on any atom is 0.253 e. The summed E-state index contributed by atoms with van der Waals surface area (Å²) in [6, 6.07) is 18.2. The average molecular weight is 438 g/mol. The summed E-state index contributed by atoms with van der Waals surface area (Å²) in [5.41, 5.74) is 5.90. The summed E-state index contributed by atoms with van der Waals surface area (Å²) in [6.45, 7) is 2.93. The lowest BCUT2D eigenvalue weighted by atomic mass is 10.2. The van der Waals surface area contributed by atoms with Gasteiger partial charge in [-0.2, -0.15) is 10.1 Å². The van der Waals surface area contributed by atoms with Crippen LogP contribution < -0.4 is 4.90 Å². The van der Waals surface area contributed by atoms with Crippen LogP contribution in [0.15, 0.2) is 73.2 Å². The minimum Gasteiger partial charge on any atom is -0.378 e. The fourth-order valence-corrected chi connectivity index (χ4v) is 4.30. The number of rotatable bonds is 4. The molecule has 1 aliphatic rings. The molecule has 0 saturated carbocycles. The van der Waals surface area contributed by atoms with Crippen LogP contribution in [0, 0.1) is 0 Å². The van der Waals surface area contributed by atoms with Crippen LogP contribution in [0.2, 0.25) is 0 Å². The molecule has 0 bridgehead atoms. The van der Waals surface area contributed by atoms with Gasteiger partial charge < -0.3 is 14.2 Å². The van der Waals surface area contributed by atoms with Crippen molar-refractivity contribution >= 4 is 16.9 Å². The Hall–Kier alpha value is -4.04. The molecule has 33 heavy (non-hydrogen) atoms. The molecule has 0 spiro atoms. The monoisotopic (exact) mass is 437 g/mol. The number of ether oxygens (including phenoxy) is 1. The molecule has 5 aromatic rings. The number of morpholine rings is 1. The third kappa shape index (κ3) is 3.54. The number of pyridine rings is 1. The zero-order valence-electron chi connectivity index (χ0n) is 18.3. The molecule has 1 aromatic carbocycles. The highest BCUT2D eigenvalue weighted by atomic mass is 16.5. The number of aromatic nitrogens is 6. The first-order chi connectivity index (χ1) is 16.3. The summed E-state index contributed by atoms with van der Waals surface area (Å²) in [4.78, 5) is 16.5. The van der Waals surface area contributed by atoms with E-state index in [4.69, 9.17) is 19.8 Å². The van der Waals surface area contributed by atoms with Crippen molar-refractivity contribution in [1.82, 2.24) is 29.3 Å². The Bertz CT molecular complexity index is 1400. The molecule has 4 aromatic heterocycles. The average Bonchev–Trinajstić information content (AvgIpc) is 3.51. The van der Waals surface area contributed by atoms with Gasteiger partial charge in [-0.25, -0.2) is 9.67 Å². The van der Waals surface area contributed by atoms with E-state index in [0.717, 1.165) is 52.5 Å². The molecule has 0 atom stereocenters. The van der Waals surface area contributed by atoms with E-state index in [1.807, 2.05) is 54.9 Å². The number of nitrogens with zero attached hydrogens (tertiary/aromatic N) is 7. The van der Waals surface area contributed by atoms with Gasteiger partial charge in [-0.15, -0.1) is 0 Å². The van der Waals surface area contributed by atoms with Crippen LogP contribution in [-0.2, 0) is 11.8 Å². The number of aryl methyl sites for hydroxylation is 1. The van der Waals surface area contributed by atoms with Crippen LogP contribution in [-0.4, -0.2) is 55.6 Å². The molecule has 0 amide bonds. The number of fused-ring (bicyclic) bond motifs is 1. The van der Waals surface area contributed by atoms with E-state index in [9.17, 15) is 0 Å². The van der Waals surface area contributed by atoms with E-state index >= 15 is 0 Å². The summed E-state index contributed by atoms with van der Waals surface area (Å²) in [5, 5.41) is 4.76.